The van der Waals surface area contributed by atoms with Crippen LogP contribution in [0.15, 0.2) is 53.5 Å². The number of benzene rings is 2. The van der Waals surface area contributed by atoms with Gasteiger partial charge in [-0.1, -0.05) is 30.3 Å². The topological polar surface area (TPSA) is 65.6 Å². The van der Waals surface area contributed by atoms with Crippen molar-refractivity contribution in [2.24, 2.45) is 4.99 Å². The molecule has 98 valence electrons. The Balaban J connectivity index is 1.86. The van der Waals surface area contributed by atoms with Gasteiger partial charge in [-0.05, 0) is 23.8 Å². The lowest BCUT2D eigenvalue weighted by molar-refractivity contribution is 0.230. The normalized spacial score (nSPS) is 17.1. The Bertz CT molecular complexity index is 702. The van der Waals surface area contributed by atoms with E-state index in [0.717, 1.165) is 5.56 Å². The van der Waals surface area contributed by atoms with Crippen LogP contribution in [0.1, 0.15) is 22.8 Å². The number of nitriles is 1. The average molecular weight is 264 g/mol. The molecule has 0 fully saturated rings. The predicted octanol–water partition coefficient (Wildman–Crippen LogP) is 2.78. The van der Waals surface area contributed by atoms with Crippen molar-refractivity contribution >= 4 is 5.90 Å². The molecule has 1 aliphatic rings. The highest BCUT2D eigenvalue weighted by atomic mass is 16.5. The number of rotatable bonds is 2. The van der Waals surface area contributed by atoms with Gasteiger partial charge in [-0.3, -0.25) is 0 Å². The molecule has 0 spiro atoms. The summed E-state index contributed by atoms with van der Waals surface area (Å²) < 4.78 is 5.79. The van der Waals surface area contributed by atoms with Crippen molar-refractivity contribution in [3.05, 3.63) is 65.2 Å². The number of nitrogens with zero attached hydrogens (tertiary/aromatic N) is 2. The van der Waals surface area contributed by atoms with Crippen molar-refractivity contribution in [1.82, 2.24) is 0 Å². The van der Waals surface area contributed by atoms with Crippen LogP contribution in [0.2, 0.25) is 0 Å². The van der Waals surface area contributed by atoms with Crippen LogP contribution in [0.4, 0.5) is 0 Å². The Labute approximate surface area is 116 Å². The van der Waals surface area contributed by atoms with Crippen molar-refractivity contribution < 1.29 is 9.84 Å². The third-order valence-corrected chi connectivity index (χ3v) is 3.18. The Kier molecular flexibility index (Phi) is 3.10. The van der Waals surface area contributed by atoms with Crippen molar-refractivity contribution in [2.75, 3.05) is 6.54 Å². The molecule has 0 saturated carbocycles. The molecule has 0 amide bonds. The lowest BCUT2D eigenvalue weighted by Crippen LogP contribution is -2.06. The van der Waals surface area contributed by atoms with Crippen molar-refractivity contribution in [3.63, 3.8) is 0 Å². The van der Waals surface area contributed by atoms with Gasteiger partial charge in [0, 0.05) is 0 Å². The van der Waals surface area contributed by atoms with Gasteiger partial charge in [-0.2, -0.15) is 5.26 Å². The van der Waals surface area contributed by atoms with E-state index in [0.29, 0.717) is 23.6 Å². The summed E-state index contributed by atoms with van der Waals surface area (Å²) in [6, 6.07) is 16.5. The first kappa shape index (κ1) is 12.2. The second-order valence-corrected chi connectivity index (χ2v) is 4.51. The number of hydrogen-bond donors (Lipinski definition) is 1. The second kappa shape index (κ2) is 5.06. The summed E-state index contributed by atoms with van der Waals surface area (Å²) in [5, 5.41) is 18.8. The maximum Gasteiger partial charge on any atom is 0.220 e. The summed E-state index contributed by atoms with van der Waals surface area (Å²) in [7, 11) is 0. The summed E-state index contributed by atoms with van der Waals surface area (Å²) in [5.74, 6) is 0.449. The first-order chi connectivity index (χ1) is 9.78. The molecule has 1 N–H and O–H groups in total. The lowest BCUT2D eigenvalue weighted by atomic mass is 10.1. The van der Waals surface area contributed by atoms with Gasteiger partial charge < -0.3 is 9.84 Å². The fraction of sp³-hybridized carbons (Fsp3) is 0.125. The number of aromatic hydroxyl groups is 1. The fourth-order valence-electron chi connectivity index (χ4n) is 2.14. The first-order valence-electron chi connectivity index (χ1n) is 6.27. The van der Waals surface area contributed by atoms with Crippen LogP contribution in [-0.4, -0.2) is 17.5 Å². The molecule has 2 aromatic rings. The number of aliphatic imine (C=N–C) groups is 1. The lowest BCUT2D eigenvalue weighted by Gasteiger charge is -2.12. The van der Waals surface area contributed by atoms with Crippen LogP contribution in [0.5, 0.6) is 5.75 Å². The van der Waals surface area contributed by atoms with E-state index >= 15 is 0 Å². The van der Waals surface area contributed by atoms with E-state index < -0.39 is 0 Å². The van der Waals surface area contributed by atoms with E-state index in [2.05, 4.69) is 4.99 Å². The summed E-state index contributed by atoms with van der Waals surface area (Å²) in [6.07, 6.45) is -0.142. The minimum Gasteiger partial charge on any atom is -0.507 e. The van der Waals surface area contributed by atoms with Crippen LogP contribution in [0, 0.1) is 11.3 Å². The van der Waals surface area contributed by atoms with Crippen LogP contribution >= 0.6 is 0 Å². The van der Waals surface area contributed by atoms with E-state index in [4.69, 9.17) is 10.00 Å². The quantitative estimate of drug-likeness (QED) is 0.907. The molecule has 0 saturated heterocycles. The zero-order chi connectivity index (χ0) is 13.9. The molecule has 1 unspecified atom stereocenters. The monoisotopic (exact) mass is 264 g/mol. The third kappa shape index (κ3) is 2.21. The largest absolute Gasteiger partial charge is 0.507 e. The van der Waals surface area contributed by atoms with Gasteiger partial charge in [-0.15, -0.1) is 0 Å². The number of phenolic OH excluding ortho intramolecular Hbond substituents is 1. The summed E-state index contributed by atoms with van der Waals surface area (Å²) in [4.78, 5) is 4.33. The molecule has 20 heavy (non-hydrogen) atoms. The van der Waals surface area contributed by atoms with E-state index in [9.17, 15) is 5.11 Å². The predicted molar refractivity (Wildman–Crippen MR) is 74.5 cm³/mol. The van der Waals surface area contributed by atoms with Crippen molar-refractivity contribution in [1.29, 1.82) is 5.26 Å². The van der Waals surface area contributed by atoms with Gasteiger partial charge in [0.15, 0.2) is 0 Å². The van der Waals surface area contributed by atoms with E-state index in [1.54, 1.807) is 12.1 Å². The highest BCUT2D eigenvalue weighted by molar-refractivity contribution is 5.98. The van der Waals surface area contributed by atoms with Crippen LogP contribution in [0.3, 0.4) is 0 Å². The Morgan fingerprint density at radius 1 is 1.20 bits per heavy atom. The molecule has 2 aromatic carbocycles. The molecule has 0 aromatic heterocycles. The van der Waals surface area contributed by atoms with Crippen LogP contribution in [0.25, 0.3) is 0 Å². The van der Waals surface area contributed by atoms with Crippen molar-refractivity contribution in [3.8, 4) is 11.8 Å². The molecule has 1 heterocycles. The van der Waals surface area contributed by atoms with Crippen molar-refractivity contribution in [2.45, 2.75) is 6.10 Å². The summed E-state index contributed by atoms with van der Waals surface area (Å²) in [5.41, 5.74) is 1.97. The second-order valence-electron chi connectivity index (χ2n) is 4.51. The maximum absolute atomic E-state index is 9.88. The molecule has 4 nitrogen and oxygen atoms in total. The summed E-state index contributed by atoms with van der Waals surface area (Å²) >= 11 is 0. The highest BCUT2D eigenvalue weighted by Gasteiger charge is 2.24. The van der Waals surface area contributed by atoms with Gasteiger partial charge in [0.25, 0.3) is 0 Å². The minimum absolute atomic E-state index is 0.0662. The van der Waals surface area contributed by atoms with Gasteiger partial charge in [0.05, 0.1) is 23.7 Å². The van der Waals surface area contributed by atoms with Crippen LogP contribution < -0.4 is 0 Å². The molecule has 3 rings (SSSR count). The first-order valence-corrected chi connectivity index (χ1v) is 6.27. The van der Waals surface area contributed by atoms with Crippen LogP contribution in [-0.2, 0) is 4.74 Å². The Hall–Kier alpha value is -2.80. The van der Waals surface area contributed by atoms with Gasteiger partial charge in [0.2, 0.25) is 5.90 Å². The third-order valence-electron chi connectivity index (χ3n) is 3.18. The van der Waals surface area contributed by atoms with Gasteiger partial charge in [0.1, 0.15) is 11.9 Å². The van der Waals surface area contributed by atoms with E-state index in [1.807, 2.05) is 36.4 Å². The molecule has 0 radical (unpaired) electrons. The molecular formula is C16H12N2O2. The molecular weight excluding hydrogens is 252 g/mol. The zero-order valence-electron chi connectivity index (χ0n) is 10.7. The SMILES string of the molecule is N#Cc1ccc(O)c(C2=NCC(c3ccccc3)O2)c1. The van der Waals surface area contributed by atoms with Gasteiger partial charge >= 0.3 is 0 Å². The Morgan fingerprint density at radius 3 is 2.75 bits per heavy atom. The molecule has 0 bridgehead atoms. The summed E-state index contributed by atoms with van der Waals surface area (Å²) in [6.45, 7) is 0.509. The van der Waals surface area contributed by atoms with E-state index in [-0.39, 0.29) is 11.9 Å². The highest BCUT2D eigenvalue weighted by Crippen LogP contribution is 2.28. The number of hydrogen-bond acceptors (Lipinski definition) is 4. The molecule has 1 aliphatic heterocycles. The molecule has 1 atom stereocenters. The van der Waals surface area contributed by atoms with Gasteiger partial charge in [-0.25, -0.2) is 4.99 Å². The standard InChI is InChI=1S/C16H12N2O2/c17-9-11-6-7-14(19)13(8-11)16-18-10-15(20-16)12-4-2-1-3-5-12/h1-8,15,19H,10H2. The smallest absolute Gasteiger partial charge is 0.220 e. The average Bonchev–Trinajstić information content (AvgIpc) is 2.98. The molecule has 0 aliphatic carbocycles. The van der Waals surface area contributed by atoms with E-state index in [1.165, 1.54) is 6.07 Å². The number of phenols is 1. The Morgan fingerprint density at radius 2 is 2.00 bits per heavy atom. The zero-order valence-corrected chi connectivity index (χ0v) is 10.7. The number of ether oxygens (including phenoxy) is 1. The maximum atomic E-state index is 9.88. The fourth-order valence-corrected chi connectivity index (χ4v) is 2.14. The minimum atomic E-state index is -0.142. The molecule has 4 heteroatoms.